The summed E-state index contributed by atoms with van der Waals surface area (Å²) in [6.45, 7) is 6.21. The highest BCUT2D eigenvalue weighted by atomic mass is 16.6. The van der Waals surface area contributed by atoms with Crippen molar-refractivity contribution in [1.82, 2.24) is 0 Å². The first-order valence-electron chi connectivity index (χ1n) is 7.35. The minimum absolute atomic E-state index is 0.0403. The lowest BCUT2D eigenvalue weighted by atomic mass is 9.76. The first-order chi connectivity index (χ1) is 9.34. The van der Waals surface area contributed by atoms with Crippen LogP contribution in [0.15, 0.2) is 0 Å². The number of aliphatic hydroxyl groups is 2. The van der Waals surface area contributed by atoms with Crippen LogP contribution in [-0.2, 0) is 14.3 Å². The summed E-state index contributed by atoms with van der Waals surface area (Å²) in [5, 5.41) is 18.5. The van der Waals surface area contributed by atoms with Crippen molar-refractivity contribution >= 4 is 5.97 Å². The molecule has 0 unspecified atom stereocenters. The Labute approximate surface area is 121 Å². The van der Waals surface area contributed by atoms with Crippen molar-refractivity contribution in [2.45, 2.75) is 45.6 Å². The van der Waals surface area contributed by atoms with Crippen molar-refractivity contribution in [1.29, 1.82) is 0 Å². The molecule has 0 radical (unpaired) electrons. The quantitative estimate of drug-likeness (QED) is 0.722. The van der Waals surface area contributed by atoms with Gasteiger partial charge in [0.1, 0.15) is 12.2 Å². The lowest BCUT2D eigenvalue weighted by molar-refractivity contribution is -0.160. The van der Waals surface area contributed by atoms with Crippen LogP contribution >= 0.6 is 0 Å². The van der Waals surface area contributed by atoms with E-state index in [1.165, 1.54) is 0 Å². The minimum Gasteiger partial charge on any atom is -0.458 e. The van der Waals surface area contributed by atoms with Crippen LogP contribution in [0.1, 0.15) is 40.0 Å². The van der Waals surface area contributed by atoms with E-state index in [0.717, 1.165) is 19.3 Å². The smallest absolute Gasteiger partial charge is 0.332 e. The third-order valence-corrected chi connectivity index (χ3v) is 3.51. The number of hydrogen-bond donors (Lipinski definition) is 2. The van der Waals surface area contributed by atoms with Gasteiger partial charge < -0.3 is 19.7 Å². The number of aliphatic hydroxyl groups excluding tert-OH is 2. The fourth-order valence-corrected chi connectivity index (χ4v) is 2.82. The second-order valence-corrected chi connectivity index (χ2v) is 6.77. The zero-order chi connectivity index (χ0) is 15.2. The molecule has 0 aromatic rings. The van der Waals surface area contributed by atoms with Gasteiger partial charge in [0.15, 0.2) is 0 Å². The molecule has 0 spiro atoms. The molecular weight excluding hydrogens is 260 g/mol. The van der Waals surface area contributed by atoms with Crippen molar-refractivity contribution in [3.05, 3.63) is 0 Å². The predicted molar refractivity (Wildman–Crippen MR) is 75.2 cm³/mol. The van der Waals surface area contributed by atoms with Gasteiger partial charge in [0.2, 0.25) is 0 Å². The van der Waals surface area contributed by atoms with E-state index >= 15 is 0 Å². The summed E-state index contributed by atoms with van der Waals surface area (Å²) >= 11 is 0. The van der Waals surface area contributed by atoms with E-state index in [9.17, 15) is 15.0 Å². The second-order valence-electron chi connectivity index (χ2n) is 6.77. The summed E-state index contributed by atoms with van der Waals surface area (Å²) in [5.41, 5.74) is -0.491. The molecule has 20 heavy (non-hydrogen) atoms. The molecule has 0 saturated heterocycles. The molecule has 5 heteroatoms. The molecular formula is C15H28O5. The van der Waals surface area contributed by atoms with Crippen molar-refractivity contribution in [2.24, 2.45) is 17.8 Å². The Kier molecular flexibility index (Phi) is 6.92. The van der Waals surface area contributed by atoms with Crippen LogP contribution in [0.2, 0.25) is 0 Å². The third kappa shape index (κ3) is 6.68. The predicted octanol–water partition coefficient (Wildman–Crippen LogP) is 1.36. The van der Waals surface area contributed by atoms with Gasteiger partial charge in [-0.3, -0.25) is 0 Å². The Hall–Kier alpha value is -0.650. The average Bonchev–Trinajstić information content (AvgIpc) is 2.36. The van der Waals surface area contributed by atoms with Crippen LogP contribution < -0.4 is 0 Å². The maximum Gasteiger partial charge on any atom is 0.332 e. The summed E-state index contributed by atoms with van der Waals surface area (Å²) < 4.78 is 10.6. The van der Waals surface area contributed by atoms with Gasteiger partial charge in [-0.15, -0.1) is 0 Å². The van der Waals surface area contributed by atoms with Crippen LogP contribution in [0.25, 0.3) is 0 Å². The zero-order valence-electron chi connectivity index (χ0n) is 12.8. The third-order valence-electron chi connectivity index (χ3n) is 3.51. The van der Waals surface area contributed by atoms with E-state index in [1.807, 2.05) is 20.8 Å². The molecule has 1 aliphatic carbocycles. The Morgan fingerprint density at radius 2 is 1.55 bits per heavy atom. The molecule has 2 N–H and O–H groups in total. The van der Waals surface area contributed by atoms with Crippen molar-refractivity contribution in [2.75, 3.05) is 26.4 Å². The van der Waals surface area contributed by atoms with E-state index < -0.39 is 5.60 Å². The number of esters is 1. The van der Waals surface area contributed by atoms with Crippen LogP contribution in [0.4, 0.5) is 0 Å². The van der Waals surface area contributed by atoms with Crippen LogP contribution in [0, 0.1) is 17.8 Å². The molecule has 0 heterocycles. The second kappa shape index (κ2) is 7.96. The first-order valence-corrected chi connectivity index (χ1v) is 7.35. The molecule has 0 aromatic carbocycles. The van der Waals surface area contributed by atoms with E-state index in [0.29, 0.717) is 12.5 Å². The summed E-state index contributed by atoms with van der Waals surface area (Å²) in [5.74, 6) is 0.401. The standard InChI is InChI=1S/C15H28O5/c1-15(2,3)20-14(18)10-19-9-13-5-11(7-16)4-12(6-13)8-17/h11-13,16-17H,4-10H2,1-3H3/t11-,12+,13-. The number of carbonyl (C=O) groups excluding carboxylic acids is 1. The summed E-state index contributed by atoms with van der Waals surface area (Å²) in [4.78, 5) is 11.5. The number of hydrogen-bond acceptors (Lipinski definition) is 5. The monoisotopic (exact) mass is 288 g/mol. The summed E-state index contributed by atoms with van der Waals surface area (Å²) in [7, 11) is 0. The highest BCUT2D eigenvalue weighted by Gasteiger charge is 2.28. The fraction of sp³-hybridized carbons (Fsp3) is 0.933. The van der Waals surface area contributed by atoms with Crippen molar-refractivity contribution < 1.29 is 24.5 Å². The van der Waals surface area contributed by atoms with Gasteiger partial charge in [0.05, 0.1) is 6.61 Å². The summed E-state index contributed by atoms with van der Waals surface area (Å²) in [6, 6.07) is 0. The molecule has 0 bridgehead atoms. The topological polar surface area (TPSA) is 76.0 Å². The zero-order valence-corrected chi connectivity index (χ0v) is 12.8. The molecule has 1 rings (SSSR count). The SMILES string of the molecule is CC(C)(C)OC(=O)COC[C@@H]1C[C@H](CO)C[C@H](CO)C1. The lowest BCUT2D eigenvalue weighted by Crippen LogP contribution is -2.31. The van der Waals surface area contributed by atoms with E-state index in [2.05, 4.69) is 0 Å². The number of carbonyl (C=O) groups is 1. The molecule has 0 amide bonds. The van der Waals surface area contributed by atoms with Gasteiger partial charge in [-0.05, 0) is 57.8 Å². The van der Waals surface area contributed by atoms with Gasteiger partial charge >= 0.3 is 5.97 Å². The molecule has 5 nitrogen and oxygen atoms in total. The molecule has 118 valence electrons. The molecule has 0 aromatic heterocycles. The first kappa shape index (κ1) is 17.4. The molecule has 1 saturated carbocycles. The Balaban J connectivity index is 2.28. The van der Waals surface area contributed by atoms with Gasteiger partial charge in [-0.2, -0.15) is 0 Å². The summed E-state index contributed by atoms with van der Waals surface area (Å²) in [6.07, 6.45) is 2.65. The Morgan fingerprint density at radius 1 is 1.05 bits per heavy atom. The maximum absolute atomic E-state index is 11.5. The maximum atomic E-state index is 11.5. The molecule has 1 fully saturated rings. The van der Waals surface area contributed by atoms with E-state index in [1.54, 1.807) is 0 Å². The minimum atomic E-state index is -0.491. The lowest BCUT2D eigenvalue weighted by Gasteiger charge is -2.33. The average molecular weight is 288 g/mol. The van der Waals surface area contributed by atoms with Crippen LogP contribution in [-0.4, -0.2) is 48.2 Å². The fourth-order valence-electron chi connectivity index (χ4n) is 2.82. The molecule has 3 atom stereocenters. The van der Waals surface area contributed by atoms with Gasteiger partial charge in [0, 0.05) is 13.2 Å². The highest BCUT2D eigenvalue weighted by Crippen LogP contribution is 2.33. The normalized spacial score (nSPS) is 27.4. The largest absolute Gasteiger partial charge is 0.458 e. The van der Waals surface area contributed by atoms with E-state index in [-0.39, 0.29) is 37.6 Å². The van der Waals surface area contributed by atoms with E-state index in [4.69, 9.17) is 9.47 Å². The number of ether oxygens (including phenoxy) is 2. The Bertz CT molecular complexity index is 285. The Morgan fingerprint density at radius 3 is 2.00 bits per heavy atom. The van der Waals surface area contributed by atoms with Gasteiger partial charge in [-0.1, -0.05) is 0 Å². The van der Waals surface area contributed by atoms with Crippen molar-refractivity contribution in [3.8, 4) is 0 Å². The van der Waals surface area contributed by atoms with Gasteiger partial charge in [0.25, 0.3) is 0 Å². The van der Waals surface area contributed by atoms with Crippen LogP contribution in [0.3, 0.4) is 0 Å². The number of rotatable bonds is 6. The van der Waals surface area contributed by atoms with Gasteiger partial charge in [-0.25, -0.2) is 4.79 Å². The van der Waals surface area contributed by atoms with Crippen LogP contribution in [0.5, 0.6) is 0 Å². The van der Waals surface area contributed by atoms with Crippen molar-refractivity contribution in [3.63, 3.8) is 0 Å². The highest BCUT2D eigenvalue weighted by molar-refractivity contribution is 5.71. The molecule has 1 aliphatic rings. The molecule has 0 aliphatic heterocycles.